The summed E-state index contributed by atoms with van der Waals surface area (Å²) in [5.74, 6) is -0.551. The molecule has 0 heterocycles. The van der Waals surface area contributed by atoms with Gasteiger partial charge in [0, 0.05) is 0 Å². The molecule has 0 aliphatic heterocycles. The van der Waals surface area contributed by atoms with Gasteiger partial charge in [0.25, 0.3) is 0 Å². The van der Waals surface area contributed by atoms with Crippen LogP contribution in [0.1, 0.15) is 30.5 Å². The highest BCUT2D eigenvalue weighted by molar-refractivity contribution is 9.10. The molecule has 4 heteroatoms. The average Bonchev–Trinajstić information content (AvgIpc) is 2.45. The highest BCUT2D eigenvalue weighted by atomic mass is 79.9. The fourth-order valence-corrected chi connectivity index (χ4v) is 2.46. The van der Waals surface area contributed by atoms with E-state index in [0.29, 0.717) is 4.47 Å². The van der Waals surface area contributed by atoms with Gasteiger partial charge < -0.3 is 5.32 Å². The third-order valence-corrected chi connectivity index (χ3v) is 3.69. The second-order valence-corrected chi connectivity index (χ2v) is 5.47. The van der Waals surface area contributed by atoms with Crippen LogP contribution in [0.15, 0.2) is 46.9 Å². The first-order chi connectivity index (χ1) is 9.61. The zero-order valence-corrected chi connectivity index (χ0v) is 12.8. The van der Waals surface area contributed by atoms with Gasteiger partial charge in [-0.3, -0.25) is 0 Å². The molecule has 1 nitrogen and oxygen atoms in total. The molecule has 0 fully saturated rings. The Kier molecular flexibility index (Phi) is 5.26. The Labute approximate surface area is 126 Å². The van der Waals surface area contributed by atoms with Gasteiger partial charge in [0.05, 0.1) is 10.5 Å². The summed E-state index contributed by atoms with van der Waals surface area (Å²) in [6.07, 6.45) is 0.986. The minimum Gasteiger partial charge on any atom is -0.306 e. The summed E-state index contributed by atoms with van der Waals surface area (Å²) < 4.78 is 26.8. The summed E-state index contributed by atoms with van der Waals surface area (Å²) in [7, 11) is 0. The van der Waals surface area contributed by atoms with Crippen molar-refractivity contribution in [2.75, 3.05) is 6.54 Å². The number of hydrogen-bond donors (Lipinski definition) is 1. The summed E-state index contributed by atoms with van der Waals surface area (Å²) in [5.41, 5.74) is 1.90. The van der Waals surface area contributed by atoms with Crippen LogP contribution in [0.4, 0.5) is 8.78 Å². The zero-order chi connectivity index (χ0) is 14.5. The summed E-state index contributed by atoms with van der Waals surface area (Å²) in [4.78, 5) is 0. The zero-order valence-electron chi connectivity index (χ0n) is 11.2. The van der Waals surface area contributed by atoms with Crippen LogP contribution in [0.5, 0.6) is 0 Å². The lowest BCUT2D eigenvalue weighted by molar-refractivity contribution is 0.587. The summed E-state index contributed by atoms with van der Waals surface area (Å²) in [6.45, 7) is 2.91. The van der Waals surface area contributed by atoms with Crippen LogP contribution in [0.25, 0.3) is 0 Å². The van der Waals surface area contributed by atoms with Crippen LogP contribution in [-0.4, -0.2) is 6.54 Å². The second kappa shape index (κ2) is 6.95. The van der Waals surface area contributed by atoms with Gasteiger partial charge in [-0.2, -0.15) is 0 Å². The molecule has 20 heavy (non-hydrogen) atoms. The Balaban J connectivity index is 2.35. The van der Waals surface area contributed by atoms with Gasteiger partial charge in [-0.15, -0.1) is 0 Å². The van der Waals surface area contributed by atoms with Crippen molar-refractivity contribution in [2.45, 2.75) is 19.4 Å². The van der Waals surface area contributed by atoms with Crippen LogP contribution < -0.4 is 5.32 Å². The van der Waals surface area contributed by atoms with Crippen molar-refractivity contribution < 1.29 is 8.78 Å². The molecule has 2 rings (SSSR count). The standard InChI is InChI=1S/C16H16BrF2N/c1-2-9-20-16(11-3-6-13(18)7-4-11)12-5-8-15(19)14(17)10-12/h3-8,10,16,20H,2,9H2,1H3. The Bertz CT molecular complexity index is 569. The van der Waals surface area contributed by atoms with E-state index in [-0.39, 0.29) is 17.7 Å². The maximum atomic E-state index is 13.4. The quantitative estimate of drug-likeness (QED) is 0.823. The molecular formula is C16H16BrF2N. The third kappa shape index (κ3) is 3.64. The van der Waals surface area contributed by atoms with Gasteiger partial charge in [-0.05, 0) is 64.3 Å². The van der Waals surface area contributed by atoms with E-state index in [0.717, 1.165) is 24.1 Å². The summed E-state index contributed by atoms with van der Waals surface area (Å²) >= 11 is 3.20. The number of hydrogen-bond acceptors (Lipinski definition) is 1. The summed E-state index contributed by atoms with van der Waals surface area (Å²) in [6, 6.07) is 11.2. The monoisotopic (exact) mass is 339 g/mol. The largest absolute Gasteiger partial charge is 0.306 e. The molecule has 1 unspecified atom stereocenters. The van der Waals surface area contributed by atoms with Crippen molar-refractivity contribution in [1.82, 2.24) is 5.32 Å². The lowest BCUT2D eigenvalue weighted by Crippen LogP contribution is -2.23. The van der Waals surface area contributed by atoms with Crippen molar-refractivity contribution in [1.29, 1.82) is 0 Å². The second-order valence-electron chi connectivity index (χ2n) is 4.61. The fourth-order valence-electron chi connectivity index (χ4n) is 2.06. The number of halogens is 3. The molecule has 0 aromatic heterocycles. The van der Waals surface area contributed by atoms with Crippen LogP contribution >= 0.6 is 15.9 Å². The molecule has 0 amide bonds. The Morgan fingerprint density at radius 1 is 1.05 bits per heavy atom. The first-order valence-corrected chi connectivity index (χ1v) is 7.35. The molecule has 1 atom stereocenters. The molecule has 0 saturated carbocycles. The van der Waals surface area contributed by atoms with E-state index in [1.54, 1.807) is 24.3 Å². The van der Waals surface area contributed by atoms with Crippen molar-refractivity contribution in [3.8, 4) is 0 Å². The lowest BCUT2D eigenvalue weighted by Gasteiger charge is -2.20. The van der Waals surface area contributed by atoms with E-state index >= 15 is 0 Å². The van der Waals surface area contributed by atoms with E-state index in [9.17, 15) is 8.78 Å². The smallest absolute Gasteiger partial charge is 0.137 e. The van der Waals surface area contributed by atoms with Gasteiger partial charge in [-0.25, -0.2) is 8.78 Å². The number of rotatable bonds is 5. The van der Waals surface area contributed by atoms with Crippen LogP contribution in [0.3, 0.4) is 0 Å². The van der Waals surface area contributed by atoms with Gasteiger partial charge >= 0.3 is 0 Å². The predicted octanol–water partition coefficient (Wildman–Crippen LogP) is 4.82. The van der Waals surface area contributed by atoms with E-state index in [1.165, 1.54) is 18.2 Å². The van der Waals surface area contributed by atoms with Crippen molar-refractivity contribution in [2.24, 2.45) is 0 Å². The fraction of sp³-hybridized carbons (Fsp3) is 0.250. The highest BCUT2D eigenvalue weighted by Gasteiger charge is 2.14. The van der Waals surface area contributed by atoms with Crippen LogP contribution in [-0.2, 0) is 0 Å². The Morgan fingerprint density at radius 2 is 1.70 bits per heavy atom. The molecule has 106 valence electrons. The number of benzene rings is 2. The first kappa shape index (κ1) is 15.1. The average molecular weight is 340 g/mol. The maximum Gasteiger partial charge on any atom is 0.137 e. The van der Waals surface area contributed by atoms with Crippen LogP contribution in [0, 0.1) is 11.6 Å². The Morgan fingerprint density at radius 3 is 2.30 bits per heavy atom. The summed E-state index contributed by atoms with van der Waals surface area (Å²) in [5, 5.41) is 3.40. The molecule has 0 aliphatic rings. The van der Waals surface area contributed by atoms with Gasteiger partial charge in [-0.1, -0.05) is 25.1 Å². The Hall–Kier alpha value is -1.26. The SMILES string of the molecule is CCCNC(c1ccc(F)cc1)c1ccc(F)c(Br)c1. The van der Waals surface area contributed by atoms with Gasteiger partial charge in [0.1, 0.15) is 11.6 Å². The first-order valence-electron chi connectivity index (χ1n) is 6.55. The lowest BCUT2D eigenvalue weighted by atomic mass is 9.98. The van der Waals surface area contributed by atoms with E-state index < -0.39 is 0 Å². The molecule has 0 saturated heterocycles. The minimum absolute atomic E-state index is 0.0764. The molecule has 0 radical (unpaired) electrons. The molecule has 1 N–H and O–H groups in total. The van der Waals surface area contributed by atoms with Crippen LogP contribution in [0.2, 0.25) is 0 Å². The van der Waals surface area contributed by atoms with Crippen molar-refractivity contribution in [3.63, 3.8) is 0 Å². The normalized spacial score (nSPS) is 12.4. The highest BCUT2D eigenvalue weighted by Crippen LogP contribution is 2.26. The topological polar surface area (TPSA) is 12.0 Å². The third-order valence-electron chi connectivity index (χ3n) is 3.08. The van der Waals surface area contributed by atoms with Gasteiger partial charge in [0.15, 0.2) is 0 Å². The van der Waals surface area contributed by atoms with E-state index in [1.807, 2.05) is 0 Å². The molecule has 0 aliphatic carbocycles. The van der Waals surface area contributed by atoms with Gasteiger partial charge in [0.2, 0.25) is 0 Å². The minimum atomic E-state index is -0.290. The number of nitrogens with one attached hydrogen (secondary N) is 1. The molecular weight excluding hydrogens is 324 g/mol. The van der Waals surface area contributed by atoms with Crippen molar-refractivity contribution in [3.05, 3.63) is 69.7 Å². The van der Waals surface area contributed by atoms with E-state index in [2.05, 4.69) is 28.2 Å². The van der Waals surface area contributed by atoms with E-state index in [4.69, 9.17) is 0 Å². The molecule has 2 aromatic carbocycles. The molecule has 0 bridgehead atoms. The molecule has 0 spiro atoms. The molecule has 2 aromatic rings. The predicted molar refractivity (Wildman–Crippen MR) is 80.6 cm³/mol. The maximum absolute atomic E-state index is 13.4. The van der Waals surface area contributed by atoms with Crippen molar-refractivity contribution >= 4 is 15.9 Å².